The van der Waals surface area contributed by atoms with Crippen LogP contribution >= 0.6 is 0 Å². The molecule has 0 aliphatic carbocycles. The highest BCUT2D eigenvalue weighted by atomic mass is 19.3. The summed E-state index contributed by atoms with van der Waals surface area (Å²) in [6.45, 7) is 2.38. The van der Waals surface area contributed by atoms with Crippen LogP contribution in [0.3, 0.4) is 0 Å². The number of alkyl halides is 2. The molecule has 0 fully saturated rings. The molecule has 0 radical (unpaired) electrons. The predicted octanol–water partition coefficient (Wildman–Crippen LogP) is 2.65. The van der Waals surface area contributed by atoms with E-state index in [2.05, 4.69) is 5.32 Å². The number of rotatable bonds is 3. The van der Waals surface area contributed by atoms with Gasteiger partial charge < -0.3 is 5.32 Å². The standard InChI is InChI=1S/C10H13F2N/c1-7-3-4-9(10(11)12)8(5-7)6-13-2/h3-5,10,13H,6H2,1-2H3. The molecule has 72 valence electrons. The number of hydrogen-bond acceptors (Lipinski definition) is 1. The molecule has 0 aromatic heterocycles. The number of benzene rings is 1. The van der Waals surface area contributed by atoms with E-state index in [0.717, 1.165) is 5.56 Å². The Labute approximate surface area is 76.8 Å². The van der Waals surface area contributed by atoms with Gasteiger partial charge >= 0.3 is 0 Å². The molecular formula is C10H13F2N. The van der Waals surface area contributed by atoms with Crippen molar-refractivity contribution in [3.05, 3.63) is 34.9 Å². The second-order valence-corrected chi connectivity index (χ2v) is 3.03. The highest BCUT2D eigenvalue weighted by Crippen LogP contribution is 2.23. The van der Waals surface area contributed by atoms with Crippen LogP contribution in [-0.2, 0) is 6.54 Å². The summed E-state index contributed by atoms with van der Waals surface area (Å²) in [5.74, 6) is 0. The van der Waals surface area contributed by atoms with Gasteiger partial charge in [-0.2, -0.15) is 0 Å². The highest BCUT2D eigenvalue weighted by molar-refractivity contribution is 5.32. The van der Waals surface area contributed by atoms with Crippen LogP contribution in [-0.4, -0.2) is 7.05 Å². The first-order chi connectivity index (χ1) is 6.15. The van der Waals surface area contributed by atoms with Gasteiger partial charge in [-0.05, 0) is 19.5 Å². The van der Waals surface area contributed by atoms with E-state index in [1.54, 1.807) is 19.2 Å². The van der Waals surface area contributed by atoms with Gasteiger partial charge in [-0.15, -0.1) is 0 Å². The van der Waals surface area contributed by atoms with Crippen molar-refractivity contribution in [1.82, 2.24) is 5.32 Å². The lowest BCUT2D eigenvalue weighted by molar-refractivity contribution is 0.150. The zero-order valence-corrected chi connectivity index (χ0v) is 7.77. The summed E-state index contributed by atoms with van der Waals surface area (Å²) >= 11 is 0. The summed E-state index contributed by atoms with van der Waals surface area (Å²) in [6, 6.07) is 4.99. The van der Waals surface area contributed by atoms with Crippen LogP contribution in [0.25, 0.3) is 0 Å². The molecule has 0 heterocycles. The van der Waals surface area contributed by atoms with E-state index < -0.39 is 6.43 Å². The molecule has 0 amide bonds. The van der Waals surface area contributed by atoms with Crippen molar-refractivity contribution >= 4 is 0 Å². The Morgan fingerprint density at radius 1 is 1.38 bits per heavy atom. The summed E-state index contributed by atoms with van der Waals surface area (Å²) in [5, 5.41) is 2.87. The molecule has 0 saturated carbocycles. The average molecular weight is 185 g/mol. The van der Waals surface area contributed by atoms with Crippen LogP contribution in [0.4, 0.5) is 8.78 Å². The first-order valence-corrected chi connectivity index (χ1v) is 4.17. The number of halogens is 2. The quantitative estimate of drug-likeness (QED) is 0.763. The minimum atomic E-state index is -2.39. The fourth-order valence-electron chi connectivity index (χ4n) is 1.29. The Bertz CT molecular complexity index is 284. The summed E-state index contributed by atoms with van der Waals surface area (Å²) in [7, 11) is 1.75. The zero-order valence-electron chi connectivity index (χ0n) is 7.77. The van der Waals surface area contributed by atoms with Crippen molar-refractivity contribution in [3.8, 4) is 0 Å². The van der Waals surface area contributed by atoms with Crippen molar-refractivity contribution in [2.45, 2.75) is 19.9 Å². The summed E-state index contributed by atoms with van der Waals surface area (Å²) < 4.78 is 24.9. The second-order valence-electron chi connectivity index (χ2n) is 3.03. The van der Waals surface area contributed by atoms with Gasteiger partial charge in [0.05, 0.1) is 0 Å². The maximum atomic E-state index is 12.5. The molecule has 0 saturated heterocycles. The fourth-order valence-corrected chi connectivity index (χ4v) is 1.29. The Morgan fingerprint density at radius 3 is 2.62 bits per heavy atom. The van der Waals surface area contributed by atoms with Gasteiger partial charge in [-0.1, -0.05) is 23.8 Å². The zero-order chi connectivity index (χ0) is 9.84. The predicted molar refractivity (Wildman–Crippen MR) is 48.9 cm³/mol. The van der Waals surface area contributed by atoms with E-state index in [4.69, 9.17) is 0 Å². The van der Waals surface area contributed by atoms with E-state index in [0.29, 0.717) is 12.1 Å². The van der Waals surface area contributed by atoms with E-state index in [9.17, 15) is 8.78 Å². The maximum Gasteiger partial charge on any atom is 0.264 e. The summed E-state index contributed by atoms with van der Waals surface area (Å²) in [4.78, 5) is 0. The van der Waals surface area contributed by atoms with Crippen LogP contribution in [0.1, 0.15) is 23.1 Å². The monoisotopic (exact) mass is 185 g/mol. The van der Waals surface area contributed by atoms with Gasteiger partial charge in [0.1, 0.15) is 0 Å². The molecule has 0 atom stereocenters. The van der Waals surface area contributed by atoms with Crippen molar-refractivity contribution < 1.29 is 8.78 Å². The van der Waals surface area contributed by atoms with Crippen molar-refractivity contribution in [3.63, 3.8) is 0 Å². The third-order valence-corrected chi connectivity index (χ3v) is 1.90. The van der Waals surface area contributed by atoms with E-state index in [1.165, 1.54) is 6.07 Å². The smallest absolute Gasteiger partial charge is 0.264 e. The fraction of sp³-hybridized carbons (Fsp3) is 0.400. The number of aryl methyl sites for hydroxylation is 1. The van der Waals surface area contributed by atoms with Crippen LogP contribution in [0.15, 0.2) is 18.2 Å². The Hall–Kier alpha value is -0.960. The molecule has 0 unspecified atom stereocenters. The normalized spacial score (nSPS) is 10.8. The van der Waals surface area contributed by atoms with Gasteiger partial charge in [0, 0.05) is 12.1 Å². The molecule has 1 rings (SSSR count). The summed E-state index contributed by atoms with van der Waals surface area (Å²) in [5.41, 5.74) is 1.81. The molecule has 0 spiro atoms. The topological polar surface area (TPSA) is 12.0 Å². The molecule has 1 aromatic carbocycles. The van der Waals surface area contributed by atoms with Crippen LogP contribution in [0.5, 0.6) is 0 Å². The van der Waals surface area contributed by atoms with Gasteiger partial charge in [-0.3, -0.25) is 0 Å². The largest absolute Gasteiger partial charge is 0.316 e. The molecule has 1 aromatic rings. The Kier molecular flexibility index (Phi) is 3.37. The minimum absolute atomic E-state index is 0.125. The van der Waals surface area contributed by atoms with Crippen molar-refractivity contribution in [2.24, 2.45) is 0 Å². The van der Waals surface area contributed by atoms with Crippen molar-refractivity contribution in [1.29, 1.82) is 0 Å². The van der Waals surface area contributed by atoms with Gasteiger partial charge in [0.15, 0.2) is 0 Å². The van der Waals surface area contributed by atoms with Gasteiger partial charge in [-0.25, -0.2) is 8.78 Å². The molecular weight excluding hydrogens is 172 g/mol. The van der Waals surface area contributed by atoms with E-state index in [-0.39, 0.29) is 5.56 Å². The SMILES string of the molecule is CNCc1cc(C)ccc1C(F)F. The lowest BCUT2D eigenvalue weighted by Gasteiger charge is -2.08. The highest BCUT2D eigenvalue weighted by Gasteiger charge is 2.11. The lowest BCUT2D eigenvalue weighted by Crippen LogP contribution is -2.08. The molecule has 0 bridgehead atoms. The Balaban J connectivity index is 3.03. The van der Waals surface area contributed by atoms with E-state index in [1.807, 2.05) is 6.92 Å². The third kappa shape index (κ3) is 2.49. The van der Waals surface area contributed by atoms with E-state index >= 15 is 0 Å². The molecule has 0 aliphatic rings. The van der Waals surface area contributed by atoms with Crippen LogP contribution in [0, 0.1) is 6.92 Å². The van der Waals surface area contributed by atoms with Crippen LogP contribution < -0.4 is 5.32 Å². The first-order valence-electron chi connectivity index (χ1n) is 4.17. The third-order valence-electron chi connectivity index (χ3n) is 1.90. The van der Waals surface area contributed by atoms with Gasteiger partial charge in [0.25, 0.3) is 6.43 Å². The second kappa shape index (κ2) is 4.33. The van der Waals surface area contributed by atoms with Crippen LogP contribution in [0.2, 0.25) is 0 Å². The molecule has 1 N–H and O–H groups in total. The van der Waals surface area contributed by atoms with Gasteiger partial charge in [0.2, 0.25) is 0 Å². The maximum absolute atomic E-state index is 12.5. The lowest BCUT2D eigenvalue weighted by atomic mass is 10.0. The minimum Gasteiger partial charge on any atom is -0.316 e. The van der Waals surface area contributed by atoms with Crippen molar-refractivity contribution in [2.75, 3.05) is 7.05 Å². The summed E-state index contributed by atoms with van der Waals surface area (Å²) in [6.07, 6.45) is -2.39. The molecule has 0 aliphatic heterocycles. The molecule has 13 heavy (non-hydrogen) atoms. The average Bonchev–Trinajstić information content (AvgIpc) is 2.04. The molecule has 3 heteroatoms. The number of hydrogen-bond donors (Lipinski definition) is 1. The first kappa shape index (κ1) is 10.1. The Morgan fingerprint density at radius 2 is 2.08 bits per heavy atom. The molecule has 1 nitrogen and oxygen atoms in total. The number of nitrogens with one attached hydrogen (secondary N) is 1.